The van der Waals surface area contributed by atoms with Gasteiger partial charge >= 0.3 is 0 Å². The predicted octanol–water partition coefficient (Wildman–Crippen LogP) is 9.21. The van der Waals surface area contributed by atoms with Gasteiger partial charge in [-0.05, 0) is 91.4 Å². The Hall–Kier alpha value is -7.46. The fourth-order valence-electron chi connectivity index (χ4n) is 10.3. The van der Waals surface area contributed by atoms with Gasteiger partial charge in [0.2, 0.25) is 11.8 Å². The molecular weight excluding hydrogens is 777 g/mol. The number of benzene rings is 6. The molecule has 3 N–H and O–H groups in total. The van der Waals surface area contributed by atoms with Crippen molar-refractivity contribution < 1.29 is 29.0 Å². The molecular formula is C52H44N4O6. The van der Waals surface area contributed by atoms with E-state index in [1.807, 2.05) is 140 Å². The third-order valence-corrected chi connectivity index (χ3v) is 13.1. The molecule has 4 aliphatic rings. The zero-order valence-electron chi connectivity index (χ0n) is 34.0. The Bertz CT molecular complexity index is 2720. The van der Waals surface area contributed by atoms with Crippen LogP contribution < -0.4 is 20.4 Å². The number of fused-ring (bicyclic) bond motifs is 4. The molecule has 3 fully saturated rings. The second-order valence-electron chi connectivity index (χ2n) is 16.6. The number of nitrogens with one attached hydrogen (secondary N) is 2. The summed E-state index contributed by atoms with van der Waals surface area (Å²) < 4.78 is 6.12. The summed E-state index contributed by atoms with van der Waals surface area (Å²) in [6, 6.07) is 48.5. The Labute approximate surface area is 359 Å². The van der Waals surface area contributed by atoms with Gasteiger partial charge in [-0.2, -0.15) is 5.01 Å². The molecule has 0 aromatic heterocycles. The predicted molar refractivity (Wildman–Crippen MR) is 236 cm³/mol. The first-order valence-corrected chi connectivity index (χ1v) is 21.0. The first kappa shape index (κ1) is 38.7. The van der Waals surface area contributed by atoms with Crippen molar-refractivity contribution in [3.05, 3.63) is 192 Å². The second-order valence-corrected chi connectivity index (χ2v) is 16.6. The van der Waals surface area contributed by atoms with Crippen molar-refractivity contribution in [1.29, 1.82) is 0 Å². The lowest BCUT2D eigenvalue weighted by atomic mass is 9.49. The molecule has 4 amide bonds. The maximum absolute atomic E-state index is 15.5. The Morgan fingerprint density at radius 3 is 2.03 bits per heavy atom. The number of rotatable bonds is 10. The molecule has 2 heterocycles. The van der Waals surface area contributed by atoms with Gasteiger partial charge in [-0.25, -0.2) is 0 Å². The molecule has 10 nitrogen and oxygen atoms in total. The Balaban J connectivity index is 1.07. The third kappa shape index (κ3) is 6.41. The van der Waals surface area contributed by atoms with Gasteiger partial charge in [0.1, 0.15) is 18.1 Å². The van der Waals surface area contributed by atoms with Crippen LogP contribution in [0.25, 0.3) is 0 Å². The highest BCUT2D eigenvalue weighted by Crippen LogP contribution is 2.65. The van der Waals surface area contributed by atoms with E-state index >= 15 is 9.59 Å². The van der Waals surface area contributed by atoms with Gasteiger partial charge in [0.15, 0.2) is 0 Å². The van der Waals surface area contributed by atoms with Gasteiger partial charge in [0.05, 0.1) is 34.5 Å². The van der Waals surface area contributed by atoms with Gasteiger partial charge < -0.3 is 15.2 Å². The van der Waals surface area contributed by atoms with Crippen LogP contribution >= 0.6 is 0 Å². The summed E-state index contributed by atoms with van der Waals surface area (Å²) in [7, 11) is 0. The Kier molecular flexibility index (Phi) is 9.70. The number of hydrazine groups is 1. The zero-order valence-corrected chi connectivity index (χ0v) is 34.0. The highest BCUT2D eigenvalue weighted by Gasteiger charge is 2.70. The van der Waals surface area contributed by atoms with E-state index in [-0.39, 0.29) is 37.0 Å². The van der Waals surface area contributed by atoms with E-state index in [0.29, 0.717) is 28.3 Å². The quantitative estimate of drug-likeness (QED) is 0.0923. The van der Waals surface area contributed by atoms with Crippen LogP contribution in [0.15, 0.2) is 169 Å². The molecule has 62 heavy (non-hydrogen) atoms. The summed E-state index contributed by atoms with van der Waals surface area (Å²) in [5, 5.41) is 16.6. The number of allylic oxidation sites excluding steroid dienone is 2. The normalized spacial score (nSPS) is 24.0. The van der Waals surface area contributed by atoms with Crippen LogP contribution in [0.1, 0.15) is 41.0 Å². The minimum atomic E-state index is -1.53. The van der Waals surface area contributed by atoms with Crippen molar-refractivity contribution in [1.82, 2.24) is 5.01 Å². The Morgan fingerprint density at radius 2 is 1.34 bits per heavy atom. The highest BCUT2D eigenvalue weighted by molar-refractivity contribution is 6.22. The molecule has 0 radical (unpaired) electrons. The zero-order chi connectivity index (χ0) is 42.5. The van der Waals surface area contributed by atoms with Crippen LogP contribution in [-0.4, -0.2) is 33.7 Å². The minimum Gasteiger partial charge on any atom is -0.508 e. The van der Waals surface area contributed by atoms with E-state index in [4.69, 9.17) is 4.74 Å². The molecule has 2 aliphatic heterocycles. The number of carbonyl (C=O) groups is 4. The van der Waals surface area contributed by atoms with Gasteiger partial charge in [-0.1, -0.05) is 114 Å². The van der Waals surface area contributed by atoms with Crippen molar-refractivity contribution in [2.24, 2.45) is 23.7 Å². The number of anilines is 4. The number of carbonyl (C=O) groups excluding carboxylic acids is 4. The van der Waals surface area contributed by atoms with Crippen LogP contribution in [0.4, 0.5) is 22.7 Å². The summed E-state index contributed by atoms with van der Waals surface area (Å²) in [6.07, 6.45) is 2.39. The fraction of sp³-hybridized carbons (Fsp3) is 0.192. The van der Waals surface area contributed by atoms with Crippen molar-refractivity contribution in [2.45, 2.75) is 37.7 Å². The molecule has 10 heteroatoms. The SMILES string of the molecule is Cc1ccc(NN2C(=O)[C@@H]3C[C@@H]4C(=CC[C@@H]5C(=O)N(c6ccc(Nc7ccccc7)cc6)C(=O)[C@@H]54)[C@H](c4ccc(OCc5ccccc5)cc4O)[C@]3(c3ccccc3)C2=O)cc1. The summed E-state index contributed by atoms with van der Waals surface area (Å²) in [5.74, 6) is -5.13. The van der Waals surface area contributed by atoms with E-state index in [9.17, 15) is 14.7 Å². The van der Waals surface area contributed by atoms with Gasteiger partial charge in [0.25, 0.3) is 11.8 Å². The number of nitrogens with zero attached hydrogens (tertiary/aromatic N) is 2. The number of amides is 4. The lowest BCUT2D eigenvalue weighted by Crippen LogP contribution is -2.53. The number of phenolic OH excluding ortho intramolecular Hbond substituents is 1. The number of imide groups is 2. The van der Waals surface area contributed by atoms with Crippen LogP contribution in [-0.2, 0) is 31.2 Å². The van der Waals surface area contributed by atoms with Crippen molar-refractivity contribution in [2.75, 3.05) is 15.6 Å². The lowest BCUT2D eigenvalue weighted by Gasteiger charge is -2.50. The third-order valence-electron chi connectivity index (χ3n) is 13.1. The van der Waals surface area contributed by atoms with E-state index < -0.39 is 46.8 Å². The largest absolute Gasteiger partial charge is 0.508 e. The van der Waals surface area contributed by atoms with E-state index in [1.165, 1.54) is 4.90 Å². The van der Waals surface area contributed by atoms with E-state index in [2.05, 4.69) is 10.7 Å². The van der Waals surface area contributed by atoms with Crippen molar-refractivity contribution >= 4 is 46.4 Å². The fourth-order valence-corrected chi connectivity index (χ4v) is 10.3. The number of para-hydroxylation sites is 1. The van der Waals surface area contributed by atoms with Crippen LogP contribution in [0.5, 0.6) is 11.5 Å². The number of phenols is 1. The summed E-state index contributed by atoms with van der Waals surface area (Å²) in [5.41, 5.74) is 8.12. The number of aromatic hydroxyl groups is 1. The molecule has 6 atom stereocenters. The monoisotopic (exact) mass is 820 g/mol. The van der Waals surface area contributed by atoms with Crippen LogP contribution in [0.3, 0.4) is 0 Å². The first-order chi connectivity index (χ1) is 30.2. The number of hydrogen-bond donors (Lipinski definition) is 3. The molecule has 10 rings (SSSR count). The van der Waals surface area contributed by atoms with E-state index in [0.717, 1.165) is 33.1 Å². The molecule has 0 spiro atoms. The second kappa shape index (κ2) is 15.5. The summed E-state index contributed by atoms with van der Waals surface area (Å²) in [4.78, 5) is 61.1. The average Bonchev–Trinajstić information content (AvgIpc) is 3.68. The van der Waals surface area contributed by atoms with Crippen molar-refractivity contribution in [3.8, 4) is 11.5 Å². The number of ether oxygens (including phenoxy) is 1. The van der Waals surface area contributed by atoms with Crippen LogP contribution in [0, 0.1) is 30.6 Å². The molecule has 6 aromatic carbocycles. The number of aryl methyl sites for hydroxylation is 1. The number of hydrogen-bond acceptors (Lipinski definition) is 8. The van der Waals surface area contributed by atoms with E-state index in [1.54, 1.807) is 30.3 Å². The Morgan fingerprint density at radius 1 is 0.694 bits per heavy atom. The average molecular weight is 821 g/mol. The maximum atomic E-state index is 15.5. The molecule has 2 aliphatic carbocycles. The standard InChI is InChI=1S/C52H44N4O6/c1-32-17-19-37(20-18-32)54-56-49(59)44-30-43-40(27-28-42-46(43)50(60)55(48(42)58)38-23-21-36(22-24-38)53-35-15-9-4-10-16-35)47(52(44,51(56)61)34-13-7-3-8-14-34)41-26-25-39(29-45(41)57)62-31-33-11-5-2-6-12-33/h2-27,29,42-44,46-47,53-54,57H,28,30-31H2,1H3/t42-,43+,44-,46-,47+,52+/m0/s1. The molecule has 0 bridgehead atoms. The molecule has 0 unspecified atom stereocenters. The van der Waals surface area contributed by atoms with Crippen LogP contribution in [0.2, 0.25) is 0 Å². The summed E-state index contributed by atoms with van der Waals surface area (Å²) in [6.45, 7) is 2.24. The van der Waals surface area contributed by atoms with Gasteiger partial charge in [0, 0.05) is 28.9 Å². The molecule has 6 aromatic rings. The maximum Gasteiger partial charge on any atom is 0.260 e. The van der Waals surface area contributed by atoms with Gasteiger partial charge in [-0.3, -0.25) is 29.5 Å². The molecule has 1 saturated carbocycles. The topological polar surface area (TPSA) is 128 Å². The van der Waals surface area contributed by atoms with Gasteiger partial charge in [-0.15, -0.1) is 0 Å². The highest BCUT2D eigenvalue weighted by atomic mass is 16.5. The first-order valence-electron chi connectivity index (χ1n) is 21.0. The lowest BCUT2D eigenvalue weighted by molar-refractivity contribution is -0.138. The summed E-state index contributed by atoms with van der Waals surface area (Å²) >= 11 is 0. The minimum absolute atomic E-state index is 0.108. The smallest absolute Gasteiger partial charge is 0.260 e. The molecule has 2 saturated heterocycles. The molecule has 308 valence electrons. The van der Waals surface area contributed by atoms with Crippen molar-refractivity contribution in [3.63, 3.8) is 0 Å².